The van der Waals surface area contributed by atoms with Crippen LogP contribution in [0.25, 0.3) is 0 Å². The van der Waals surface area contributed by atoms with Gasteiger partial charge in [-0.2, -0.15) is 5.26 Å². The average Bonchev–Trinajstić information content (AvgIpc) is 3.10. The molecule has 1 heterocycles. The van der Waals surface area contributed by atoms with E-state index in [-0.39, 0.29) is 5.91 Å². The average molecular weight is 291 g/mol. The summed E-state index contributed by atoms with van der Waals surface area (Å²) in [4.78, 5) is 14.7. The second-order valence-corrected chi connectivity index (χ2v) is 5.35. The van der Waals surface area contributed by atoms with Crippen molar-refractivity contribution in [2.45, 2.75) is 12.8 Å². The molecular formula is C18H17N3O. The number of anilines is 2. The Morgan fingerprint density at radius 3 is 2.41 bits per heavy atom. The summed E-state index contributed by atoms with van der Waals surface area (Å²) < 4.78 is 0. The van der Waals surface area contributed by atoms with Gasteiger partial charge in [-0.15, -0.1) is 0 Å². The fourth-order valence-electron chi connectivity index (χ4n) is 2.70. The summed E-state index contributed by atoms with van der Waals surface area (Å²) in [6, 6.07) is 16.6. The molecule has 0 bridgehead atoms. The first kappa shape index (κ1) is 14.2. The Morgan fingerprint density at radius 2 is 1.73 bits per heavy atom. The summed E-state index contributed by atoms with van der Waals surface area (Å²) in [6.07, 6.45) is 2.38. The number of nitriles is 1. The number of carbonyl (C=O) groups excluding carboxylic acids is 1. The van der Waals surface area contributed by atoms with Crippen molar-refractivity contribution in [2.75, 3.05) is 23.3 Å². The van der Waals surface area contributed by atoms with Crippen LogP contribution in [0.1, 0.15) is 28.8 Å². The molecule has 1 amide bonds. The fourth-order valence-corrected chi connectivity index (χ4v) is 2.70. The van der Waals surface area contributed by atoms with Crippen LogP contribution in [-0.2, 0) is 0 Å². The summed E-state index contributed by atoms with van der Waals surface area (Å²) in [5.74, 6) is -0.156. The Hall–Kier alpha value is -2.80. The van der Waals surface area contributed by atoms with Crippen molar-refractivity contribution in [1.29, 1.82) is 5.26 Å². The first-order chi connectivity index (χ1) is 10.8. The third kappa shape index (κ3) is 2.94. The lowest BCUT2D eigenvalue weighted by Gasteiger charge is -2.21. The van der Waals surface area contributed by atoms with Gasteiger partial charge in [0, 0.05) is 18.7 Å². The van der Waals surface area contributed by atoms with Crippen LogP contribution in [0.2, 0.25) is 0 Å². The molecule has 110 valence electrons. The second-order valence-electron chi connectivity index (χ2n) is 5.35. The highest BCUT2D eigenvalue weighted by Crippen LogP contribution is 2.28. The van der Waals surface area contributed by atoms with Gasteiger partial charge < -0.3 is 10.2 Å². The summed E-state index contributed by atoms with van der Waals surface area (Å²) in [5, 5.41) is 11.8. The van der Waals surface area contributed by atoms with E-state index in [4.69, 9.17) is 5.26 Å². The van der Waals surface area contributed by atoms with Crippen molar-refractivity contribution < 1.29 is 4.79 Å². The normalized spacial score (nSPS) is 13.7. The number of hydrogen-bond donors (Lipinski definition) is 1. The first-order valence-corrected chi connectivity index (χ1v) is 7.43. The molecule has 1 saturated heterocycles. The van der Waals surface area contributed by atoms with Gasteiger partial charge in [0.15, 0.2) is 0 Å². The van der Waals surface area contributed by atoms with Gasteiger partial charge in [0.25, 0.3) is 5.91 Å². The van der Waals surface area contributed by atoms with Crippen LogP contribution in [-0.4, -0.2) is 19.0 Å². The van der Waals surface area contributed by atoms with E-state index in [9.17, 15) is 4.79 Å². The Balaban J connectivity index is 1.80. The number of rotatable bonds is 3. The third-order valence-electron chi connectivity index (χ3n) is 3.88. The van der Waals surface area contributed by atoms with Crippen LogP contribution in [0.5, 0.6) is 0 Å². The van der Waals surface area contributed by atoms with Crippen molar-refractivity contribution in [3.63, 3.8) is 0 Å². The summed E-state index contributed by atoms with van der Waals surface area (Å²) in [6.45, 7) is 2.06. The molecule has 0 unspecified atom stereocenters. The zero-order valence-electron chi connectivity index (χ0n) is 12.2. The fraction of sp³-hybridized carbons (Fsp3) is 0.222. The van der Waals surface area contributed by atoms with Crippen molar-refractivity contribution in [2.24, 2.45) is 0 Å². The number of nitrogens with one attached hydrogen (secondary N) is 1. The molecule has 0 aliphatic carbocycles. The van der Waals surface area contributed by atoms with Crippen LogP contribution in [0.15, 0.2) is 48.5 Å². The highest BCUT2D eigenvalue weighted by atomic mass is 16.1. The third-order valence-corrected chi connectivity index (χ3v) is 3.88. The summed E-state index contributed by atoms with van der Waals surface area (Å²) in [7, 11) is 0. The number of para-hydroxylation sites is 2. The van der Waals surface area contributed by atoms with Gasteiger partial charge in [0.05, 0.1) is 23.0 Å². The van der Waals surface area contributed by atoms with Crippen LogP contribution >= 0.6 is 0 Å². The van der Waals surface area contributed by atoms with Crippen LogP contribution in [0.4, 0.5) is 11.4 Å². The minimum atomic E-state index is -0.156. The molecule has 4 nitrogen and oxygen atoms in total. The SMILES string of the molecule is N#Cc1ccc(C(=O)Nc2ccccc2N2CCCC2)cc1. The quantitative estimate of drug-likeness (QED) is 0.942. The number of nitrogens with zero attached hydrogens (tertiary/aromatic N) is 2. The zero-order chi connectivity index (χ0) is 15.4. The van der Waals surface area contributed by atoms with E-state index < -0.39 is 0 Å². The molecule has 4 heteroatoms. The van der Waals surface area contributed by atoms with E-state index in [1.54, 1.807) is 24.3 Å². The molecule has 1 N–H and O–H groups in total. The molecule has 0 spiro atoms. The monoisotopic (exact) mass is 291 g/mol. The second kappa shape index (κ2) is 6.31. The maximum absolute atomic E-state index is 12.4. The molecule has 0 atom stereocenters. The number of amides is 1. The minimum Gasteiger partial charge on any atom is -0.370 e. The van der Waals surface area contributed by atoms with E-state index in [0.717, 1.165) is 24.5 Å². The minimum absolute atomic E-state index is 0.156. The molecule has 1 aliphatic heterocycles. The van der Waals surface area contributed by atoms with E-state index in [1.165, 1.54) is 12.8 Å². The lowest BCUT2D eigenvalue weighted by Crippen LogP contribution is -2.21. The molecule has 1 aliphatic rings. The number of carbonyl (C=O) groups is 1. The molecule has 1 fully saturated rings. The van der Waals surface area contributed by atoms with Crippen molar-refractivity contribution in [1.82, 2.24) is 0 Å². The Labute approximate surface area is 130 Å². The van der Waals surface area contributed by atoms with E-state index in [1.807, 2.05) is 24.3 Å². The number of hydrogen-bond acceptors (Lipinski definition) is 3. The Morgan fingerprint density at radius 1 is 1.05 bits per heavy atom. The molecule has 0 radical (unpaired) electrons. The standard InChI is InChI=1S/C18H17N3O/c19-13-14-7-9-15(10-8-14)18(22)20-16-5-1-2-6-17(16)21-11-3-4-12-21/h1-2,5-10H,3-4,11-12H2,(H,20,22). The van der Waals surface area contributed by atoms with Gasteiger partial charge in [-0.1, -0.05) is 12.1 Å². The Kier molecular flexibility index (Phi) is 4.06. The van der Waals surface area contributed by atoms with Crippen molar-refractivity contribution in [3.8, 4) is 6.07 Å². The lowest BCUT2D eigenvalue weighted by molar-refractivity contribution is 0.102. The van der Waals surface area contributed by atoms with Crippen LogP contribution in [0.3, 0.4) is 0 Å². The lowest BCUT2D eigenvalue weighted by atomic mass is 10.1. The van der Waals surface area contributed by atoms with E-state index >= 15 is 0 Å². The van der Waals surface area contributed by atoms with Crippen molar-refractivity contribution >= 4 is 17.3 Å². The first-order valence-electron chi connectivity index (χ1n) is 7.43. The van der Waals surface area contributed by atoms with E-state index in [2.05, 4.69) is 16.3 Å². The summed E-state index contributed by atoms with van der Waals surface area (Å²) >= 11 is 0. The Bertz CT molecular complexity index is 710. The molecule has 2 aromatic carbocycles. The van der Waals surface area contributed by atoms with Crippen LogP contribution < -0.4 is 10.2 Å². The largest absolute Gasteiger partial charge is 0.370 e. The smallest absolute Gasteiger partial charge is 0.255 e. The molecule has 0 saturated carbocycles. The molecule has 3 rings (SSSR count). The predicted molar refractivity (Wildman–Crippen MR) is 87.0 cm³/mol. The van der Waals surface area contributed by atoms with E-state index in [0.29, 0.717) is 11.1 Å². The molecule has 22 heavy (non-hydrogen) atoms. The van der Waals surface area contributed by atoms with Gasteiger partial charge in [0.1, 0.15) is 0 Å². The van der Waals surface area contributed by atoms with Gasteiger partial charge in [0.2, 0.25) is 0 Å². The van der Waals surface area contributed by atoms with Crippen LogP contribution in [0, 0.1) is 11.3 Å². The van der Waals surface area contributed by atoms with Gasteiger partial charge in [-0.25, -0.2) is 0 Å². The number of benzene rings is 2. The maximum Gasteiger partial charge on any atom is 0.255 e. The summed E-state index contributed by atoms with van der Waals surface area (Å²) in [5.41, 5.74) is 3.00. The highest BCUT2D eigenvalue weighted by Gasteiger charge is 2.16. The topological polar surface area (TPSA) is 56.1 Å². The maximum atomic E-state index is 12.4. The molecular weight excluding hydrogens is 274 g/mol. The predicted octanol–water partition coefficient (Wildman–Crippen LogP) is 3.41. The highest BCUT2D eigenvalue weighted by molar-refractivity contribution is 6.06. The molecule has 0 aromatic heterocycles. The molecule has 2 aromatic rings. The van der Waals surface area contributed by atoms with Gasteiger partial charge in [-0.05, 0) is 49.2 Å². The van der Waals surface area contributed by atoms with Crippen molar-refractivity contribution in [3.05, 3.63) is 59.7 Å². The van der Waals surface area contributed by atoms with Gasteiger partial charge in [-0.3, -0.25) is 4.79 Å². The zero-order valence-corrected chi connectivity index (χ0v) is 12.2. The van der Waals surface area contributed by atoms with Gasteiger partial charge >= 0.3 is 0 Å².